The quantitative estimate of drug-likeness (QED) is 0.850. The first kappa shape index (κ1) is 16.0. The Labute approximate surface area is 133 Å². The van der Waals surface area contributed by atoms with Gasteiger partial charge in [0.25, 0.3) is 0 Å². The molecule has 2 N–H and O–H groups in total. The zero-order valence-electron chi connectivity index (χ0n) is 11.5. The van der Waals surface area contributed by atoms with Crippen LogP contribution in [0, 0.1) is 6.92 Å². The molecule has 2 rings (SSSR count). The molecule has 0 unspecified atom stereocenters. The number of halogens is 1. The molecule has 21 heavy (non-hydrogen) atoms. The van der Waals surface area contributed by atoms with E-state index in [0.717, 1.165) is 15.6 Å². The van der Waals surface area contributed by atoms with E-state index in [-0.39, 0.29) is 12.4 Å². The molecular formula is C15H16BrNO3S. The molecule has 0 aromatic heterocycles. The summed E-state index contributed by atoms with van der Waals surface area (Å²) in [6.45, 7) is 1.88. The highest BCUT2D eigenvalue weighted by atomic mass is 79.9. The lowest BCUT2D eigenvalue weighted by Crippen LogP contribution is -2.15. The van der Waals surface area contributed by atoms with Gasteiger partial charge in [-0.3, -0.25) is 4.72 Å². The molecule has 4 nitrogen and oxygen atoms in total. The van der Waals surface area contributed by atoms with Crippen molar-refractivity contribution < 1.29 is 13.5 Å². The first-order valence-corrected chi connectivity index (χ1v) is 8.79. The van der Waals surface area contributed by atoms with Crippen LogP contribution in [0.15, 0.2) is 46.9 Å². The van der Waals surface area contributed by atoms with E-state index in [9.17, 15) is 8.42 Å². The number of hydrogen-bond donors (Lipinski definition) is 2. The van der Waals surface area contributed by atoms with Gasteiger partial charge < -0.3 is 5.11 Å². The molecule has 112 valence electrons. The standard InChI is InChI=1S/C15H16BrNO3S/c1-11-2-7-14(8-15(11)16)17-21(19,20)10-13-5-3-12(9-18)4-6-13/h2-8,17-18H,9-10H2,1H3. The highest BCUT2D eigenvalue weighted by Crippen LogP contribution is 2.22. The fraction of sp³-hybridized carbons (Fsp3) is 0.200. The highest BCUT2D eigenvalue weighted by molar-refractivity contribution is 9.10. The minimum absolute atomic E-state index is 0.0529. The minimum Gasteiger partial charge on any atom is -0.392 e. The predicted octanol–water partition coefficient (Wildman–Crippen LogP) is 3.19. The number of rotatable bonds is 5. The number of nitrogens with one attached hydrogen (secondary N) is 1. The van der Waals surface area contributed by atoms with E-state index in [1.807, 2.05) is 13.0 Å². The molecule has 0 aliphatic carbocycles. The molecule has 0 radical (unpaired) electrons. The van der Waals surface area contributed by atoms with Crippen LogP contribution in [0.3, 0.4) is 0 Å². The Morgan fingerprint density at radius 2 is 1.71 bits per heavy atom. The number of hydrogen-bond acceptors (Lipinski definition) is 3. The molecule has 0 heterocycles. The van der Waals surface area contributed by atoms with E-state index in [1.54, 1.807) is 36.4 Å². The van der Waals surface area contributed by atoms with Crippen molar-refractivity contribution in [3.63, 3.8) is 0 Å². The van der Waals surface area contributed by atoms with Gasteiger partial charge in [-0.25, -0.2) is 8.42 Å². The van der Waals surface area contributed by atoms with Crippen LogP contribution in [0.5, 0.6) is 0 Å². The number of benzene rings is 2. The summed E-state index contributed by atoms with van der Waals surface area (Å²) in [5.41, 5.74) is 2.99. The number of aliphatic hydroxyl groups excluding tert-OH is 1. The summed E-state index contributed by atoms with van der Waals surface area (Å²) in [4.78, 5) is 0. The van der Waals surface area contributed by atoms with E-state index >= 15 is 0 Å². The number of anilines is 1. The molecule has 0 aliphatic heterocycles. The average Bonchev–Trinajstić information content (AvgIpc) is 2.43. The summed E-state index contributed by atoms with van der Waals surface area (Å²) in [7, 11) is -3.47. The van der Waals surface area contributed by atoms with Crippen LogP contribution in [-0.4, -0.2) is 13.5 Å². The average molecular weight is 370 g/mol. The molecule has 0 saturated carbocycles. The van der Waals surface area contributed by atoms with Gasteiger partial charge >= 0.3 is 0 Å². The van der Waals surface area contributed by atoms with Gasteiger partial charge in [-0.1, -0.05) is 46.3 Å². The third-order valence-corrected chi connectivity index (χ3v) is 5.12. The van der Waals surface area contributed by atoms with Gasteiger partial charge in [0.1, 0.15) is 0 Å². The molecule has 0 fully saturated rings. The van der Waals surface area contributed by atoms with Crippen molar-refractivity contribution in [3.8, 4) is 0 Å². The Hall–Kier alpha value is -1.37. The fourth-order valence-corrected chi connectivity index (χ4v) is 3.40. The van der Waals surface area contributed by atoms with Crippen molar-refractivity contribution >= 4 is 31.6 Å². The van der Waals surface area contributed by atoms with Crippen LogP contribution in [0.4, 0.5) is 5.69 Å². The van der Waals surface area contributed by atoms with Crippen LogP contribution in [0.25, 0.3) is 0 Å². The zero-order valence-corrected chi connectivity index (χ0v) is 13.9. The first-order chi connectivity index (χ1) is 9.89. The van der Waals surface area contributed by atoms with Gasteiger partial charge in [0.15, 0.2) is 0 Å². The maximum Gasteiger partial charge on any atom is 0.236 e. The van der Waals surface area contributed by atoms with E-state index < -0.39 is 10.0 Å². The van der Waals surface area contributed by atoms with Crippen molar-refractivity contribution in [3.05, 3.63) is 63.6 Å². The van der Waals surface area contributed by atoms with Gasteiger partial charge in [0.2, 0.25) is 10.0 Å². The summed E-state index contributed by atoms with van der Waals surface area (Å²) >= 11 is 3.38. The third-order valence-electron chi connectivity index (χ3n) is 3.01. The Bertz CT molecular complexity index is 727. The van der Waals surface area contributed by atoms with Crippen molar-refractivity contribution in [1.29, 1.82) is 0 Å². The van der Waals surface area contributed by atoms with E-state index in [4.69, 9.17) is 5.11 Å². The Morgan fingerprint density at radius 3 is 2.29 bits per heavy atom. The monoisotopic (exact) mass is 369 g/mol. The molecule has 0 atom stereocenters. The summed E-state index contributed by atoms with van der Waals surface area (Å²) in [5.74, 6) is -0.107. The molecule has 2 aromatic carbocycles. The largest absolute Gasteiger partial charge is 0.392 e. The Morgan fingerprint density at radius 1 is 1.10 bits per heavy atom. The summed E-state index contributed by atoms with van der Waals surface area (Å²) in [6.07, 6.45) is 0. The predicted molar refractivity (Wildman–Crippen MR) is 87.5 cm³/mol. The van der Waals surface area contributed by atoms with Crippen molar-refractivity contribution in [2.24, 2.45) is 0 Å². The van der Waals surface area contributed by atoms with E-state index in [1.165, 1.54) is 0 Å². The third kappa shape index (κ3) is 4.56. The topological polar surface area (TPSA) is 66.4 Å². The normalized spacial score (nSPS) is 11.4. The van der Waals surface area contributed by atoms with Crippen molar-refractivity contribution in [2.45, 2.75) is 19.3 Å². The summed E-state index contributed by atoms with van der Waals surface area (Å²) < 4.78 is 27.7. The van der Waals surface area contributed by atoms with Gasteiger partial charge in [-0.05, 0) is 35.7 Å². The van der Waals surface area contributed by atoms with Gasteiger partial charge in [-0.2, -0.15) is 0 Å². The Kier molecular flexibility index (Phi) is 5.03. The zero-order chi connectivity index (χ0) is 15.5. The Balaban J connectivity index is 2.12. The van der Waals surface area contributed by atoms with Crippen LogP contribution in [0.1, 0.15) is 16.7 Å². The number of aryl methyl sites for hydroxylation is 1. The second-order valence-corrected chi connectivity index (χ2v) is 7.38. The van der Waals surface area contributed by atoms with E-state index in [0.29, 0.717) is 11.3 Å². The van der Waals surface area contributed by atoms with Crippen LogP contribution < -0.4 is 4.72 Å². The van der Waals surface area contributed by atoms with Crippen LogP contribution >= 0.6 is 15.9 Å². The number of aliphatic hydroxyl groups is 1. The van der Waals surface area contributed by atoms with Crippen molar-refractivity contribution in [1.82, 2.24) is 0 Å². The van der Waals surface area contributed by atoms with Crippen LogP contribution in [0.2, 0.25) is 0 Å². The fourth-order valence-electron chi connectivity index (χ4n) is 1.83. The number of sulfonamides is 1. The maximum absolute atomic E-state index is 12.1. The molecule has 0 aliphatic rings. The van der Waals surface area contributed by atoms with E-state index in [2.05, 4.69) is 20.7 Å². The maximum atomic E-state index is 12.1. The second-order valence-electron chi connectivity index (χ2n) is 4.80. The summed E-state index contributed by atoms with van der Waals surface area (Å²) in [5, 5.41) is 8.97. The molecule has 0 bridgehead atoms. The molecule has 0 amide bonds. The smallest absolute Gasteiger partial charge is 0.236 e. The first-order valence-electron chi connectivity index (χ1n) is 6.35. The van der Waals surface area contributed by atoms with Gasteiger partial charge in [0.05, 0.1) is 12.4 Å². The lowest BCUT2D eigenvalue weighted by atomic mass is 10.2. The summed E-state index contributed by atoms with van der Waals surface area (Å²) in [6, 6.07) is 12.2. The molecule has 0 saturated heterocycles. The highest BCUT2D eigenvalue weighted by Gasteiger charge is 2.12. The molecular weight excluding hydrogens is 354 g/mol. The lowest BCUT2D eigenvalue weighted by molar-refractivity contribution is 0.282. The lowest BCUT2D eigenvalue weighted by Gasteiger charge is -2.09. The molecule has 6 heteroatoms. The van der Waals surface area contributed by atoms with Crippen LogP contribution in [-0.2, 0) is 22.4 Å². The van der Waals surface area contributed by atoms with Gasteiger partial charge in [0, 0.05) is 10.2 Å². The SMILES string of the molecule is Cc1ccc(NS(=O)(=O)Cc2ccc(CO)cc2)cc1Br. The van der Waals surface area contributed by atoms with Gasteiger partial charge in [-0.15, -0.1) is 0 Å². The minimum atomic E-state index is -3.47. The molecule has 2 aromatic rings. The molecule has 0 spiro atoms. The second kappa shape index (κ2) is 6.60. The van der Waals surface area contributed by atoms with Crippen molar-refractivity contribution in [2.75, 3.05) is 4.72 Å².